The quantitative estimate of drug-likeness (QED) is 0.430. The highest BCUT2D eigenvalue weighted by Crippen LogP contribution is 2.24. The van der Waals surface area contributed by atoms with E-state index in [1.165, 1.54) is 17.0 Å². The maximum absolute atomic E-state index is 12.8. The highest BCUT2D eigenvalue weighted by molar-refractivity contribution is 6.04. The van der Waals surface area contributed by atoms with Crippen LogP contribution in [-0.4, -0.2) is 48.1 Å². The van der Waals surface area contributed by atoms with E-state index in [1.54, 1.807) is 36.4 Å². The Bertz CT molecular complexity index is 983. The average Bonchev–Trinajstić information content (AvgIpc) is 2.73. The number of carbonyl (C=O) groups excluding carboxylic acids is 2. The number of nitriles is 1. The molecule has 1 heterocycles. The number of carbonyl (C=O) groups is 2. The molecular weight excluding hydrogens is 374 g/mol. The number of amidine groups is 1. The van der Waals surface area contributed by atoms with E-state index in [1.807, 2.05) is 6.07 Å². The largest absolute Gasteiger partial charge is 0.384 e. The van der Waals surface area contributed by atoms with Gasteiger partial charge in [-0.1, -0.05) is 12.1 Å². The standard InChI is InChI=1S/C20H19N5O4/c21-11-13-3-1-2-4-15(13)25-9-10-29-17(20(25)28)16(26)19(27)24-14-7-5-12(6-8-14)18(22)23/h1-8,16-17,26H,9-10H2,(H3,22,23)(H,24,27)/t16?,17-/m1/s1. The van der Waals surface area contributed by atoms with Gasteiger partial charge in [-0.3, -0.25) is 15.0 Å². The number of morpholine rings is 1. The normalized spacial score (nSPS) is 17.3. The number of hydrogen-bond donors (Lipinski definition) is 4. The molecule has 1 aliphatic rings. The number of para-hydroxylation sites is 1. The van der Waals surface area contributed by atoms with Gasteiger partial charge >= 0.3 is 0 Å². The number of nitrogen functional groups attached to an aromatic ring is 1. The van der Waals surface area contributed by atoms with E-state index < -0.39 is 24.0 Å². The van der Waals surface area contributed by atoms with Gasteiger partial charge in [0.05, 0.1) is 17.9 Å². The van der Waals surface area contributed by atoms with E-state index in [0.717, 1.165) is 0 Å². The second-order valence-electron chi connectivity index (χ2n) is 6.34. The van der Waals surface area contributed by atoms with Crippen molar-refractivity contribution in [3.63, 3.8) is 0 Å². The molecule has 0 spiro atoms. The van der Waals surface area contributed by atoms with E-state index in [0.29, 0.717) is 22.5 Å². The van der Waals surface area contributed by atoms with E-state index in [9.17, 15) is 20.0 Å². The van der Waals surface area contributed by atoms with Crippen LogP contribution in [0.5, 0.6) is 0 Å². The topological polar surface area (TPSA) is 153 Å². The Kier molecular flexibility index (Phi) is 5.87. The molecule has 0 aliphatic carbocycles. The first-order valence-corrected chi connectivity index (χ1v) is 8.78. The third-order valence-electron chi connectivity index (χ3n) is 4.46. The van der Waals surface area contributed by atoms with Crippen LogP contribution in [-0.2, 0) is 14.3 Å². The van der Waals surface area contributed by atoms with Gasteiger partial charge in [-0.15, -0.1) is 0 Å². The lowest BCUT2D eigenvalue weighted by Crippen LogP contribution is -2.55. The second-order valence-corrected chi connectivity index (χ2v) is 6.34. The van der Waals surface area contributed by atoms with Crippen LogP contribution >= 0.6 is 0 Å². The van der Waals surface area contributed by atoms with Crippen molar-refractivity contribution in [1.29, 1.82) is 10.7 Å². The number of aliphatic hydroxyl groups is 1. The van der Waals surface area contributed by atoms with Gasteiger partial charge in [0.2, 0.25) is 0 Å². The summed E-state index contributed by atoms with van der Waals surface area (Å²) in [5, 5.41) is 29.5. The smallest absolute Gasteiger partial charge is 0.259 e. The molecule has 0 bridgehead atoms. The fourth-order valence-corrected chi connectivity index (χ4v) is 2.96. The average molecular weight is 393 g/mol. The number of ether oxygens (including phenoxy) is 1. The number of rotatable bonds is 5. The van der Waals surface area contributed by atoms with Crippen LogP contribution in [0.2, 0.25) is 0 Å². The van der Waals surface area contributed by atoms with Crippen LogP contribution in [0.15, 0.2) is 48.5 Å². The number of nitrogens with one attached hydrogen (secondary N) is 2. The first-order valence-electron chi connectivity index (χ1n) is 8.78. The van der Waals surface area contributed by atoms with Crippen LogP contribution < -0.4 is 16.0 Å². The number of anilines is 2. The number of benzene rings is 2. The Morgan fingerprint density at radius 1 is 1.31 bits per heavy atom. The summed E-state index contributed by atoms with van der Waals surface area (Å²) in [5.41, 5.74) is 6.96. The van der Waals surface area contributed by atoms with Gasteiger partial charge in [-0.2, -0.15) is 5.26 Å². The Balaban J connectivity index is 1.73. The minimum Gasteiger partial charge on any atom is -0.384 e. The van der Waals surface area contributed by atoms with E-state index in [-0.39, 0.29) is 19.0 Å². The van der Waals surface area contributed by atoms with Crippen molar-refractivity contribution in [2.75, 3.05) is 23.4 Å². The molecule has 2 amide bonds. The van der Waals surface area contributed by atoms with Crippen LogP contribution in [0.3, 0.4) is 0 Å². The predicted molar refractivity (Wildman–Crippen MR) is 105 cm³/mol. The molecule has 2 aromatic carbocycles. The fraction of sp³-hybridized carbons (Fsp3) is 0.200. The summed E-state index contributed by atoms with van der Waals surface area (Å²) in [5.74, 6) is -1.52. The molecule has 5 N–H and O–H groups in total. The van der Waals surface area contributed by atoms with Crippen molar-refractivity contribution < 1.29 is 19.4 Å². The summed E-state index contributed by atoms with van der Waals surface area (Å²) in [6, 6.07) is 14.8. The third-order valence-corrected chi connectivity index (χ3v) is 4.46. The van der Waals surface area contributed by atoms with Gasteiger partial charge in [-0.05, 0) is 36.4 Å². The summed E-state index contributed by atoms with van der Waals surface area (Å²) in [6.07, 6.45) is -3.14. The summed E-state index contributed by atoms with van der Waals surface area (Å²) in [7, 11) is 0. The molecule has 1 fully saturated rings. The van der Waals surface area contributed by atoms with Crippen molar-refractivity contribution >= 4 is 29.0 Å². The van der Waals surface area contributed by atoms with Crippen molar-refractivity contribution in [3.05, 3.63) is 59.7 Å². The molecular formula is C20H19N5O4. The molecule has 1 aliphatic heterocycles. The zero-order valence-corrected chi connectivity index (χ0v) is 15.3. The Labute approximate surface area is 166 Å². The van der Waals surface area contributed by atoms with Gasteiger partial charge in [0.1, 0.15) is 11.9 Å². The predicted octanol–water partition coefficient (Wildman–Crippen LogP) is 0.574. The van der Waals surface area contributed by atoms with Gasteiger partial charge in [0.15, 0.2) is 12.2 Å². The Morgan fingerprint density at radius 3 is 2.66 bits per heavy atom. The molecule has 9 heteroatoms. The lowest BCUT2D eigenvalue weighted by atomic mass is 10.1. The highest BCUT2D eigenvalue weighted by atomic mass is 16.5. The van der Waals surface area contributed by atoms with Gasteiger partial charge < -0.3 is 25.8 Å². The van der Waals surface area contributed by atoms with Crippen molar-refractivity contribution in [2.45, 2.75) is 12.2 Å². The van der Waals surface area contributed by atoms with Gasteiger partial charge in [0, 0.05) is 17.8 Å². The van der Waals surface area contributed by atoms with Crippen LogP contribution in [0.25, 0.3) is 0 Å². The molecule has 0 saturated carbocycles. The lowest BCUT2D eigenvalue weighted by Gasteiger charge is -2.34. The summed E-state index contributed by atoms with van der Waals surface area (Å²) >= 11 is 0. The number of nitrogens with zero attached hydrogens (tertiary/aromatic N) is 2. The highest BCUT2D eigenvalue weighted by Gasteiger charge is 2.39. The number of hydrogen-bond acceptors (Lipinski definition) is 6. The number of amides is 2. The lowest BCUT2D eigenvalue weighted by molar-refractivity contribution is -0.150. The fourth-order valence-electron chi connectivity index (χ4n) is 2.96. The van der Waals surface area contributed by atoms with Crippen molar-refractivity contribution in [3.8, 4) is 6.07 Å². The molecule has 0 aromatic heterocycles. The second kappa shape index (κ2) is 8.52. The van der Waals surface area contributed by atoms with Crippen molar-refractivity contribution in [2.24, 2.45) is 5.73 Å². The SMILES string of the molecule is N#Cc1ccccc1N1CCO[C@H](C(O)C(=O)Nc2ccc(C(=N)N)cc2)C1=O. The van der Waals surface area contributed by atoms with Gasteiger partial charge in [0.25, 0.3) is 11.8 Å². The first-order chi connectivity index (χ1) is 13.9. The van der Waals surface area contributed by atoms with Crippen LogP contribution in [0.4, 0.5) is 11.4 Å². The number of nitrogens with two attached hydrogens (primary N) is 1. The monoisotopic (exact) mass is 393 g/mol. The first kappa shape index (κ1) is 20.0. The molecule has 0 radical (unpaired) electrons. The maximum Gasteiger partial charge on any atom is 0.259 e. The maximum atomic E-state index is 12.8. The minimum absolute atomic E-state index is 0.105. The summed E-state index contributed by atoms with van der Waals surface area (Å²) in [6.45, 7) is 0.308. The molecule has 1 saturated heterocycles. The zero-order chi connectivity index (χ0) is 21.0. The third kappa shape index (κ3) is 4.24. The molecule has 1 unspecified atom stereocenters. The van der Waals surface area contributed by atoms with E-state index >= 15 is 0 Å². The summed E-state index contributed by atoms with van der Waals surface area (Å²) in [4.78, 5) is 26.6. The van der Waals surface area contributed by atoms with E-state index in [2.05, 4.69) is 5.32 Å². The molecule has 29 heavy (non-hydrogen) atoms. The number of aliphatic hydroxyl groups excluding tert-OH is 1. The molecule has 9 nitrogen and oxygen atoms in total. The van der Waals surface area contributed by atoms with Crippen LogP contribution in [0, 0.1) is 16.7 Å². The summed E-state index contributed by atoms with van der Waals surface area (Å²) < 4.78 is 5.36. The van der Waals surface area contributed by atoms with Gasteiger partial charge in [-0.25, -0.2) is 0 Å². The molecule has 2 aromatic rings. The minimum atomic E-state index is -1.74. The Hall–Kier alpha value is -3.74. The molecule has 3 rings (SSSR count). The van der Waals surface area contributed by atoms with Crippen molar-refractivity contribution in [1.82, 2.24) is 0 Å². The zero-order valence-electron chi connectivity index (χ0n) is 15.3. The molecule has 148 valence electrons. The molecule has 2 atom stereocenters. The Morgan fingerprint density at radius 2 is 2.00 bits per heavy atom. The van der Waals surface area contributed by atoms with E-state index in [4.69, 9.17) is 15.9 Å². The van der Waals surface area contributed by atoms with Crippen LogP contribution in [0.1, 0.15) is 11.1 Å².